The minimum Gasteiger partial charge on any atom is -0.497 e. The van der Waals surface area contributed by atoms with Gasteiger partial charge in [0.25, 0.3) is 5.91 Å². The van der Waals surface area contributed by atoms with E-state index in [1.54, 1.807) is 12.0 Å². The minimum atomic E-state index is -0.898. The third-order valence-electron chi connectivity index (χ3n) is 6.63. The topological polar surface area (TPSA) is 73.4 Å². The lowest BCUT2D eigenvalue weighted by atomic mass is 9.99. The molecule has 1 amide bonds. The van der Waals surface area contributed by atoms with Crippen molar-refractivity contribution in [2.45, 2.75) is 32.9 Å². The number of aromatic nitrogens is 2. The molecule has 0 aliphatic heterocycles. The molecule has 0 fully saturated rings. The average molecular weight is 533 g/mol. The summed E-state index contributed by atoms with van der Waals surface area (Å²) < 4.78 is 35.9. The Morgan fingerprint density at radius 3 is 2.49 bits per heavy atom. The van der Waals surface area contributed by atoms with Crippen LogP contribution in [0.25, 0.3) is 11.3 Å². The molecular weight excluding hydrogens is 498 g/mol. The van der Waals surface area contributed by atoms with Crippen LogP contribution in [0.3, 0.4) is 0 Å². The molecule has 204 valence electrons. The Balaban J connectivity index is 1.85. The number of rotatable bonds is 11. The Kier molecular flexibility index (Phi) is 9.09. The van der Waals surface area contributed by atoms with Crippen molar-refractivity contribution in [2.24, 2.45) is 11.7 Å². The van der Waals surface area contributed by atoms with Crippen LogP contribution in [0.5, 0.6) is 5.75 Å². The molecule has 0 aliphatic carbocycles. The first-order valence-corrected chi connectivity index (χ1v) is 13.0. The van der Waals surface area contributed by atoms with E-state index in [0.29, 0.717) is 37.6 Å². The summed E-state index contributed by atoms with van der Waals surface area (Å²) in [6.07, 6.45) is 2.48. The molecule has 0 saturated heterocycles. The van der Waals surface area contributed by atoms with Crippen molar-refractivity contribution in [3.05, 3.63) is 108 Å². The molecule has 6 nitrogen and oxygen atoms in total. The fourth-order valence-corrected chi connectivity index (χ4v) is 4.74. The summed E-state index contributed by atoms with van der Waals surface area (Å²) in [6.45, 7) is 5.18. The number of nitrogens with zero attached hydrogens (tertiary/aromatic N) is 3. The largest absolute Gasteiger partial charge is 0.497 e. The Hall–Kier alpha value is -4.04. The van der Waals surface area contributed by atoms with Crippen molar-refractivity contribution in [2.75, 3.05) is 20.2 Å². The van der Waals surface area contributed by atoms with Gasteiger partial charge in [-0.3, -0.25) is 4.79 Å². The molecule has 0 unspecified atom stereocenters. The number of nitrogens with two attached hydrogens (primary N) is 1. The quantitative estimate of drug-likeness (QED) is 0.254. The molecule has 0 bridgehead atoms. The normalized spacial score (nSPS) is 12.0. The van der Waals surface area contributed by atoms with Crippen LogP contribution in [0.15, 0.2) is 79.0 Å². The van der Waals surface area contributed by atoms with Crippen LogP contribution >= 0.6 is 0 Å². The van der Waals surface area contributed by atoms with Gasteiger partial charge in [0.1, 0.15) is 23.2 Å². The van der Waals surface area contributed by atoms with Gasteiger partial charge in [0, 0.05) is 30.9 Å². The Morgan fingerprint density at radius 1 is 1.05 bits per heavy atom. The van der Waals surface area contributed by atoms with Gasteiger partial charge in [-0.25, -0.2) is 13.8 Å². The maximum absolute atomic E-state index is 14.8. The minimum absolute atomic E-state index is 0.0784. The molecule has 0 aliphatic rings. The SMILES string of the molecule is COc1cccc(-c2cn(Cc3ccccc3)c([C@@H](C(C)C)N(CCCN)C(=O)c3ccc(F)cc3F)n2)c1. The van der Waals surface area contributed by atoms with Crippen molar-refractivity contribution in [1.29, 1.82) is 0 Å². The summed E-state index contributed by atoms with van der Waals surface area (Å²) >= 11 is 0. The molecule has 4 aromatic rings. The molecule has 4 rings (SSSR count). The zero-order valence-electron chi connectivity index (χ0n) is 22.5. The van der Waals surface area contributed by atoms with Gasteiger partial charge in [-0.2, -0.15) is 0 Å². The highest BCUT2D eigenvalue weighted by Gasteiger charge is 2.33. The first-order valence-electron chi connectivity index (χ1n) is 13.0. The number of benzene rings is 3. The van der Waals surface area contributed by atoms with Crippen molar-refractivity contribution >= 4 is 5.91 Å². The second-order valence-electron chi connectivity index (χ2n) is 9.78. The van der Waals surface area contributed by atoms with Crippen LogP contribution in [-0.4, -0.2) is 40.6 Å². The van der Waals surface area contributed by atoms with Crippen LogP contribution < -0.4 is 10.5 Å². The van der Waals surface area contributed by atoms with E-state index in [0.717, 1.165) is 29.0 Å². The predicted molar refractivity (Wildman–Crippen MR) is 148 cm³/mol. The zero-order chi connectivity index (χ0) is 27.9. The Morgan fingerprint density at radius 2 is 1.82 bits per heavy atom. The summed E-state index contributed by atoms with van der Waals surface area (Å²) in [5.74, 6) is -0.871. The van der Waals surface area contributed by atoms with Crippen molar-refractivity contribution in [3.8, 4) is 17.0 Å². The van der Waals surface area contributed by atoms with Gasteiger partial charge >= 0.3 is 0 Å². The van der Waals surface area contributed by atoms with Crippen LogP contribution in [-0.2, 0) is 6.54 Å². The highest BCUT2D eigenvalue weighted by molar-refractivity contribution is 5.94. The van der Waals surface area contributed by atoms with Gasteiger partial charge in [0.2, 0.25) is 0 Å². The van der Waals surface area contributed by atoms with Crippen LogP contribution in [0, 0.1) is 17.6 Å². The summed E-state index contributed by atoms with van der Waals surface area (Å²) in [5.41, 5.74) is 8.30. The molecule has 0 saturated carbocycles. The lowest BCUT2D eigenvalue weighted by Crippen LogP contribution is -2.40. The standard InChI is InChI=1S/C31H34F2N4O2/c1-21(2)29(37(16-8-15-34)31(38)26-14-13-24(32)18-27(26)33)30-35-28(23-11-7-12-25(17-23)39-3)20-36(30)19-22-9-5-4-6-10-22/h4-7,9-14,17-18,20-21,29H,8,15-16,19,34H2,1-3H3/t29-/m1/s1. The molecule has 2 N–H and O–H groups in total. The van der Waals surface area contributed by atoms with E-state index in [1.807, 2.05) is 79.2 Å². The van der Waals surface area contributed by atoms with E-state index < -0.39 is 23.6 Å². The molecule has 8 heteroatoms. The Labute approximate surface area is 228 Å². The molecule has 0 spiro atoms. The van der Waals surface area contributed by atoms with Crippen LogP contribution in [0.2, 0.25) is 0 Å². The van der Waals surface area contributed by atoms with Gasteiger partial charge in [-0.15, -0.1) is 0 Å². The van der Waals surface area contributed by atoms with E-state index >= 15 is 0 Å². The fraction of sp³-hybridized carbons (Fsp3) is 0.290. The van der Waals surface area contributed by atoms with Crippen molar-refractivity contribution < 1.29 is 18.3 Å². The lowest BCUT2D eigenvalue weighted by molar-refractivity contribution is 0.0599. The monoisotopic (exact) mass is 532 g/mol. The van der Waals surface area contributed by atoms with Gasteiger partial charge < -0.3 is 19.9 Å². The van der Waals surface area contributed by atoms with Crippen LogP contribution in [0.4, 0.5) is 8.78 Å². The predicted octanol–water partition coefficient (Wildman–Crippen LogP) is 6.07. The Bertz CT molecular complexity index is 1400. The maximum Gasteiger partial charge on any atom is 0.257 e. The highest BCUT2D eigenvalue weighted by atomic mass is 19.1. The molecular formula is C31H34F2N4O2. The second-order valence-corrected chi connectivity index (χ2v) is 9.78. The fourth-order valence-electron chi connectivity index (χ4n) is 4.74. The number of ether oxygens (including phenoxy) is 1. The number of carbonyl (C=O) groups excluding carboxylic acids is 1. The number of methoxy groups -OCH3 is 1. The first-order chi connectivity index (χ1) is 18.8. The van der Waals surface area contributed by atoms with Gasteiger partial charge in [-0.05, 0) is 48.7 Å². The van der Waals surface area contributed by atoms with Crippen molar-refractivity contribution in [3.63, 3.8) is 0 Å². The first kappa shape index (κ1) is 28.0. The van der Waals surface area contributed by atoms with E-state index in [-0.39, 0.29) is 11.5 Å². The molecule has 1 atom stereocenters. The molecule has 0 radical (unpaired) electrons. The van der Waals surface area contributed by atoms with E-state index in [1.165, 1.54) is 6.07 Å². The lowest BCUT2D eigenvalue weighted by Gasteiger charge is -2.34. The van der Waals surface area contributed by atoms with Gasteiger partial charge in [-0.1, -0.05) is 56.3 Å². The maximum atomic E-state index is 14.8. The van der Waals surface area contributed by atoms with E-state index in [9.17, 15) is 13.6 Å². The number of imidazole rings is 1. The smallest absolute Gasteiger partial charge is 0.257 e. The van der Waals surface area contributed by atoms with Crippen molar-refractivity contribution in [1.82, 2.24) is 14.5 Å². The number of hydrogen-bond donors (Lipinski definition) is 1. The third-order valence-corrected chi connectivity index (χ3v) is 6.63. The summed E-state index contributed by atoms with van der Waals surface area (Å²) in [4.78, 5) is 20.5. The highest BCUT2D eigenvalue weighted by Crippen LogP contribution is 2.33. The third kappa shape index (κ3) is 6.52. The summed E-state index contributed by atoms with van der Waals surface area (Å²) in [7, 11) is 1.61. The zero-order valence-corrected chi connectivity index (χ0v) is 22.5. The van der Waals surface area contributed by atoms with Crippen LogP contribution in [0.1, 0.15) is 48.1 Å². The molecule has 3 aromatic carbocycles. The van der Waals surface area contributed by atoms with Gasteiger partial charge in [0.05, 0.1) is 24.4 Å². The number of amides is 1. The number of carbonyl (C=O) groups is 1. The molecule has 1 aromatic heterocycles. The molecule has 1 heterocycles. The molecule has 39 heavy (non-hydrogen) atoms. The van der Waals surface area contributed by atoms with E-state index in [4.69, 9.17) is 15.5 Å². The number of halogens is 2. The number of hydrogen-bond acceptors (Lipinski definition) is 4. The summed E-state index contributed by atoms with van der Waals surface area (Å²) in [6, 6.07) is 20.1. The summed E-state index contributed by atoms with van der Waals surface area (Å²) in [5, 5.41) is 0. The average Bonchev–Trinajstić information content (AvgIpc) is 3.34. The second kappa shape index (κ2) is 12.7. The van der Waals surface area contributed by atoms with E-state index in [2.05, 4.69) is 0 Å². The van der Waals surface area contributed by atoms with Gasteiger partial charge in [0.15, 0.2) is 0 Å².